The molecule has 1 amide bonds. The number of thioether (sulfide) groups is 1. The first kappa shape index (κ1) is 18.7. The van der Waals surface area contributed by atoms with E-state index in [1.54, 1.807) is 50.3 Å². The Labute approximate surface area is 155 Å². The normalized spacial score (nSPS) is 16.1. The summed E-state index contributed by atoms with van der Waals surface area (Å²) in [5.41, 5.74) is 2.61. The van der Waals surface area contributed by atoms with Gasteiger partial charge in [-0.15, -0.1) is 0 Å². The molecular formula is C18H18NO5PS. The predicted octanol–water partition coefficient (Wildman–Crippen LogP) is 3.62. The molecule has 0 fully saturated rings. The number of phenols is 1. The van der Waals surface area contributed by atoms with Gasteiger partial charge in [-0.25, -0.2) is 0 Å². The Morgan fingerprint density at radius 3 is 2.38 bits per heavy atom. The SMILES string of the molecule is Cc1cc(C=C2Sc3ccccc3N(CP(=O)(O)O)C2=O)cc(C)c1O. The number of nitrogens with zero attached hydrogens (tertiary/aromatic N) is 1. The van der Waals surface area contributed by atoms with Crippen LogP contribution in [0.25, 0.3) is 6.08 Å². The van der Waals surface area contributed by atoms with Gasteiger partial charge in [0.25, 0.3) is 5.91 Å². The van der Waals surface area contributed by atoms with E-state index in [1.165, 1.54) is 11.8 Å². The van der Waals surface area contributed by atoms with Crippen LogP contribution >= 0.6 is 19.4 Å². The van der Waals surface area contributed by atoms with Crippen molar-refractivity contribution < 1.29 is 24.3 Å². The number of aromatic hydroxyl groups is 1. The number of amides is 1. The molecule has 0 saturated carbocycles. The lowest BCUT2D eigenvalue weighted by Gasteiger charge is -2.30. The number of rotatable bonds is 3. The third kappa shape index (κ3) is 3.86. The van der Waals surface area contributed by atoms with Crippen LogP contribution in [0.4, 0.5) is 5.69 Å². The van der Waals surface area contributed by atoms with Crippen LogP contribution in [0, 0.1) is 13.8 Å². The molecule has 0 radical (unpaired) electrons. The van der Waals surface area contributed by atoms with E-state index in [0.29, 0.717) is 21.7 Å². The Balaban J connectivity index is 2.07. The van der Waals surface area contributed by atoms with Gasteiger partial charge in [-0.2, -0.15) is 0 Å². The molecule has 0 atom stereocenters. The zero-order chi connectivity index (χ0) is 19.1. The first-order valence-corrected chi connectivity index (χ1v) is 10.4. The smallest absolute Gasteiger partial charge is 0.345 e. The minimum absolute atomic E-state index is 0.211. The third-order valence-corrected chi connectivity index (χ3v) is 5.70. The van der Waals surface area contributed by atoms with Crippen LogP contribution in [0.1, 0.15) is 16.7 Å². The quantitative estimate of drug-likeness (QED) is 0.546. The fourth-order valence-electron chi connectivity index (χ4n) is 2.81. The lowest BCUT2D eigenvalue weighted by molar-refractivity contribution is -0.114. The number of hydrogen-bond donors (Lipinski definition) is 3. The van der Waals surface area contributed by atoms with Crippen LogP contribution in [0.5, 0.6) is 5.75 Å². The standard InChI is InChI=1S/C18H18NO5PS/c1-11-7-13(8-12(2)17(11)20)9-16-18(21)19(10-25(22,23)24)14-5-3-4-6-15(14)26-16/h3-9,20H,10H2,1-2H3,(H2,22,23,24). The molecule has 6 nitrogen and oxygen atoms in total. The molecule has 0 spiro atoms. The Morgan fingerprint density at radius 1 is 1.15 bits per heavy atom. The van der Waals surface area contributed by atoms with Gasteiger partial charge in [-0.1, -0.05) is 23.9 Å². The van der Waals surface area contributed by atoms with E-state index in [-0.39, 0.29) is 5.75 Å². The molecule has 8 heteroatoms. The number of carbonyl (C=O) groups excluding carboxylic acids is 1. The van der Waals surface area contributed by atoms with Gasteiger partial charge < -0.3 is 14.9 Å². The maximum atomic E-state index is 12.9. The van der Waals surface area contributed by atoms with Crippen LogP contribution in [0.15, 0.2) is 46.2 Å². The average molecular weight is 391 g/mol. The predicted molar refractivity (Wildman–Crippen MR) is 102 cm³/mol. The number of aryl methyl sites for hydroxylation is 2. The number of fused-ring (bicyclic) bond motifs is 1. The minimum atomic E-state index is -4.42. The van der Waals surface area contributed by atoms with Crippen LogP contribution in [-0.4, -0.2) is 27.1 Å². The minimum Gasteiger partial charge on any atom is -0.507 e. The van der Waals surface area contributed by atoms with E-state index in [2.05, 4.69) is 0 Å². The van der Waals surface area contributed by atoms with E-state index in [9.17, 15) is 24.3 Å². The molecule has 0 unspecified atom stereocenters. The van der Waals surface area contributed by atoms with Gasteiger partial charge in [0.15, 0.2) is 0 Å². The molecule has 1 heterocycles. The monoisotopic (exact) mass is 391 g/mol. The number of para-hydroxylation sites is 1. The van der Waals surface area contributed by atoms with Crippen molar-refractivity contribution in [3.05, 3.63) is 58.0 Å². The number of carbonyl (C=O) groups is 1. The molecule has 1 aliphatic heterocycles. The van der Waals surface area contributed by atoms with Crippen molar-refractivity contribution in [1.29, 1.82) is 0 Å². The molecule has 0 aliphatic carbocycles. The summed E-state index contributed by atoms with van der Waals surface area (Å²) in [6.07, 6.45) is 1.00. The van der Waals surface area contributed by atoms with E-state index in [4.69, 9.17) is 0 Å². The van der Waals surface area contributed by atoms with E-state index >= 15 is 0 Å². The number of benzene rings is 2. The zero-order valence-corrected chi connectivity index (χ0v) is 15.9. The van der Waals surface area contributed by atoms with Crippen molar-refractivity contribution in [2.24, 2.45) is 0 Å². The Kier molecular flexibility index (Phi) is 4.99. The van der Waals surface area contributed by atoms with Gasteiger partial charge in [-0.3, -0.25) is 14.3 Å². The van der Waals surface area contributed by atoms with Gasteiger partial charge in [0.05, 0.1) is 10.6 Å². The summed E-state index contributed by atoms with van der Waals surface area (Å²) in [6, 6.07) is 10.5. The summed E-state index contributed by atoms with van der Waals surface area (Å²) in [7, 11) is -4.42. The van der Waals surface area contributed by atoms with Crippen molar-refractivity contribution in [2.75, 3.05) is 11.2 Å². The molecule has 1 aliphatic rings. The van der Waals surface area contributed by atoms with Crippen molar-refractivity contribution in [2.45, 2.75) is 18.7 Å². The highest BCUT2D eigenvalue weighted by atomic mass is 32.2. The molecule has 2 aromatic rings. The summed E-state index contributed by atoms with van der Waals surface area (Å²) in [6.45, 7) is 3.55. The maximum absolute atomic E-state index is 12.9. The molecule has 0 saturated heterocycles. The molecule has 3 N–H and O–H groups in total. The molecular weight excluding hydrogens is 373 g/mol. The molecule has 0 bridgehead atoms. The lowest BCUT2D eigenvalue weighted by Crippen LogP contribution is -2.35. The summed E-state index contributed by atoms with van der Waals surface area (Å²) in [5, 5.41) is 9.90. The topological polar surface area (TPSA) is 98.1 Å². The van der Waals surface area contributed by atoms with Crippen molar-refractivity contribution in [1.82, 2.24) is 0 Å². The van der Waals surface area contributed by atoms with Gasteiger partial charge in [0.2, 0.25) is 0 Å². The Bertz CT molecular complexity index is 943. The Morgan fingerprint density at radius 2 is 1.77 bits per heavy atom. The first-order chi connectivity index (χ1) is 12.2. The number of hydrogen-bond acceptors (Lipinski definition) is 4. The second-order valence-electron chi connectivity index (χ2n) is 6.12. The molecule has 136 valence electrons. The molecule has 26 heavy (non-hydrogen) atoms. The van der Waals surface area contributed by atoms with E-state index in [0.717, 1.165) is 15.4 Å². The Hall–Kier alpha value is -2.05. The maximum Gasteiger partial charge on any atom is 0.345 e. The second kappa shape index (κ2) is 6.93. The van der Waals surface area contributed by atoms with Gasteiger partial charge in [0, 0.05) is 4.90 Å². The third-order valence-electron chi connectivity index (χ3n) is 3.97. The van der Waals surface area contributed by atoms with Crippen molar-refractivity contribution in [3.63, 3.8) is 0 Å². The summed E-state index contributed by atoms with van der Waals surface area (Å²) in [4.78, 5) is 33.8. The van der Waals surface area contributed by atoms with Crippen LogP contribution in [-0.2, 0) is 9.36 Å². The van der Waals surface area contributed by atoms with Crippen molar-refractivity contribution >= 4 is 37.0 Å². The van der Waals surface area contributed by atoms with E-state index < -0.39 is 19.8 Å². The van der Waals surface area contributed by atoms with Gasteiger partial charge in [0.1, 0.15) is 12.0 Å². The van der Waals surface area contributed by atoms with Gasteiger partial charge in [-0.05, 0) is 60.9 Å². The molecule has 0 aromatic heterocycles. The highest BCUT2D eigenvalue weighted by molar-refractivity contribution is 8.04. The second-order valence-corrected chi connectivity index (χ2v) is 8.82. The lowest BCUT2D eigenvalue weighted by atomic mass is 10.1. The molecule has 3 rings (SSSR count). The fraction of sp³-hybridized carbons (Fsp3) is 0.167. The van der Waals surface area contributed by atoms with E-state index in [1.807, 2.05) is 6.07 Å². The summed E-state index contributed by atoms with van der Waals surface area (Å²) in [5.74, 6) is -0.247. The van der Waals surface area contributed by atoms with Gasteiger partial charge >= 0.3 is 7.60 Å². The van der Waals surface area contributed by atoms with Crippen LogP contribution in [0.2, 0.25) is 0 Å². The largest absolute Gasteiger partial charge is 0.507 e. The molecule has 2 aromatic carbocycles. The summed E-state index contributed by atoms with van der Waals surface area (Å²) >= 11 is 1.26. The summed E-state index contributed by atoms with van der Waals surface area (Å²) < 4.78 is 11.5. The highest BCUT2D eigenvalue weighted by Crippen LogP contribution is 2.46. The number of phenolic OH excluding ortho intramolecular Hbond substituents is 1. The first-order valence-electron chi connectivity index (χ1n) is 7.81. The number of anilines is 1. The van der Waals surface area contributed by atoms with Crippen LogP contribution < -0.4 is 4.90 Å². The zero-order valence-electron chi connectivity index (χ0n) is 14.2. The highest BCUT2D eigenvalue weighted by Gasteiger charge is 2.33. The fourth-order valence-corrected chi connectivity index (χ4v) is 4.52. The van der Waals surface area contributed by atoms with Crippen LogP contribution in [0.3, 0.4) is 0 Å². The van der Waals surface area contributed by atoms with Crippen molar-refractivity contribution in [3.8, 4) is 5.75 Å². The average Bonchev–Trinajstić information content (AvgIpc) is 2.55.